The molecular formula is C17H20FN3O2. The van der Waals surface area contributed by atoms with Crippen LogP contribution in [0.1, 0.15) is 12.5 Å². The van der Waals surface area contributed by atoms with Crippen LogP contribution in [0.3, 0.4) is 0 Å². The van der Waals surface area contributed by atoms with Gasteiger partial charge in [0.05, 0.1) is 6.04 Å². The van der Waals surface area contributed by atoms with Gasteiger partial charge in [-0.3, -0.25) is 9.79 Å². The molecule has 0 amide bonds. The second kappa shape index (κ2) is 8.24. The Morgan fingerprint density at radius 1 is 1.43 bits per heavy atom. The van der Waals surface area contributed by atoms with Gasteiger partial charge in [-0.2, -0.15) is 0 Å². The topological polar surface area (TPSA) is 76.7 Å². The Morgan fingerprint density at radius 3 is 2.83 bits per heavy atom. The Bertz CT molecular complexity index is 636. The zero-order valence-electron chi connectivity index (χ0n) is 13.0. The maximum Gasteiger partial charge on any atom is 0.178 e. The molecule has 1 atom stereocenters. The van der Waals surface area contributed by atoms with Gasteiger partial charge in [0.15, 0.2) is 5.78 Å². The number of hydrogen-bond acceptors (Lipinski definition) is 5. The van der Waals surface area contributed by atoms with Gasteiger partial charge >= 0.3 is 0 Å². The number of benzene rings is 1. The van der Waals surface area contributed by atoms with Gasteiger partial charge in [0.2, 0.25) is 0 Å². The lowest BCUT2D eigenvalue weighted by Gasteiger charge is -2.16. The molecule has 1 aliphatic rings. The Morgan fingerprint density at radius 2 is 2.17 bits per heavy atom. The molecule has 3 N–H and O–H groups in total. The quantitative estimate of drug-likeness (QED) is 0.753. The van der Waals surface area contributed by atoms with Crippen LogP contribution in [0.5, 0.6) is 5.75 Å². The molecular weight excluding hydrogens is 297 g/mol. The minimum atomic E-state index is -0.482. The van der Waals surface area contributed by atoms with Crippen LogP contribution in [0.4, 0.5) is 4.39 Å². The summed E-state index contributed by atoms with van der Waals surface area (Å²) in [4.78, 5) is 15.6. The normalized spacial score (nSPS) is 18.7. The summed E-state index contributed by atoms with van der Waals surface area (Å²) in [5.41, 5.74) is 7.60. The summed E-state index contributed by atoms with van der Waals surface area (Å²) in [7, 11) is 0. The molecule has 0 bridgehead atoms. The van der Waals surface area contributed by atoms with E-state index in [0.29, 0.717) is 35.7 Å². The molecule has 0 spiro atoms. The van der Waals surface area contributed by atoms with Crippen molar-refractivity contribution in [1.82, 2.24) is 5.32 Å². The molecule has 1 unspecified atom stereocenters. The molecule has 5 nitrogen and oxygen atoms in total. The van der Waals surface area contributed by atoms with Crippen molar-refractivity contribution >= 4 is 11.5 Å². The third kappa shape index (κ3) is 4.75. The van der Waals surface area contributed by atoms with Crippen LogP contribution in [0.2, 0.25) is 0 Å². The van der Waals surface area contributed by atoms with Crippen LogP contribution in [0, 0.1) is 0 Å². The largest absolute Gasteiger partial charge is 0.492 e. The van der Waals surface area contributed by atoms with E-state index in [1.807, 2.05) is 0 Å². The maximum absolute atomic E-state index is 12.4. The van der Waals surface area contributed by atoms with Gasteiger partial charge < -0.3 is 15.8 Å². The number of ketones is 1. The number of carbonyl (C=O) groups excluding carboxylic acids is 1. The van der Waals surface area contributed by atoms with Crippen molar-refractivity contribution in [2.75, 3.05) is 13.2 Å². The van der Waals surface area contributed by atoms with E-state index < -0.39 is 6.67 Å². The first kappa shape index (κ1) is 16.9. The lowest BCUT2D eigenvalue weighted by molar-refractivity contribution is -0.111. The van der Waals surface area contributed by atoms with Crippen LogP contribution in [-0.4, -0.2) is 30.7 Å². The number of rotatable bonds is 7. The van der Waals surface area contributed by atoms with Crippen LogP contribution in [-0.2, 0) is 11.5 Å². The number of hydrogen-bond donors (Lipinski definition) is 2. The number of ether oxygens (including phenoxy) is 1. The van der Waals surface area contributed by atoms with Crippen molar-refractivity contribution in [3.63, 3.8) is 0 Å². The van der Waals surface area contributed by atoms with E-state index in [-0.39, 0.29) is 11.8 Å². The Kier molecular flexibility index (Phi) is 6.05. The number of halogens is 1. The fourth-order valence-electron chi connectivity index (χ4n) is 2.09. The molecule has 23 heavy (non-hydrogen) atoms. The molecule has 1 aromatic rings. The van der Waals surface area contributed by atoms with Gasteiger partial charge in [-0.1, -0.05) is 12.1 Å². The third-order valence-corrected chi connectivity index (χ3v) is 3.31. The zero-order chi connectivity index (χ0) is 16.7. The minimum absolute atomic E-state index is 0.123. The first-order chi connectivity index (χ1) is 11.1. The predicted octanol–water partition coefficient (Wildman–Crippen LogP) is 1.89. The number of nitrogens with zero attached hydrogens (tertiary/aromatic N) is 1. The van der Waals surface area contributed by atoms with Gasteiger partial charge in [0.1, 0.15) is 24.7 Å². The summed E-state index contributed by atoms with van der Waals surface area (Å²) in [6.07, 6.45) is 4.97. The molecule has 0 saturated heterocycles. The number of nitrogens with two attached hydrogens (primary N) is 1. The van der Waals surface area contributed by atoms with Crippen LogP contribution in [0.15, 0.2) is 53.3 Å². The molecule has 0 fully saturated rings. The summed E-state index contributed by atoms with van der Waals surface area (Å²) < 4.78 is 17.9. The van der Waals surface area contributed by atoms with E-state index in [1.54, 1.807) is 42.7 Å². The molecule has 1 aromatic carbocycles. The molecule has 6 heteroatoms. The summed E-state index contributed by atoms with van der Waals surface area (Å²) >= 11 is 0. The highest BCUT2D eigenvalue weighted by molar-refractivity contribution is 6.46. The highest BCUT2D eigenvalue weighted by Crippen LogP contribution is 2.13. The molecule has 122 valence electrons. The molecule has 0 aliphatic carbocycles. The van der Waals surface area contributed by atoms with Crippen molar-refractivity contribution in [3.8, 4) is 5.75 Å². The number of carbonyl (C=O) groups is 1. The van der Waals surface area contributed by atoms with Crippen molar-refractivity contribution in [2.45, 2.75) is 19.6 Å². The van der Waals surface area contributed by atoms with Gasteiger partial charge in [-0.05, 0) is 23.8 Å². The van der Waals surface area contributed by atoms with Gasteiger partial charge in [-0.15, -0.1) is 0 Å². The predicted molar refractivity (Wildman–Crippen MR) is 88.1 cm³/mol. The lowest BCUT2D eigenvalue weighted by Crippen LogP contribution is -2.32. The average Bonchev–Trinajstić information content (AvgIpc) is 2.56. The zero-order valence-corrected chi connectivity index (χ0v) is 13.0. The van der Waals surface area contributed by atoms with E-state index >= 15 is 0 Å². The van der Waals surface area contributed by atoms with Crippen LogP contribution in [0.25, 0.3) is 0 Å². The fourth-order valence-corrected chi connectivity index (χ4v) is 2.09. The van der Waals surface area contributed by atoms with Crippen molar-refractivity contribution < 1.29 is 13.9 Å². The van der Waals surface area contributed by atoms with Crippen molar-refractivity contribution in [3.05, 3.63) is 53.9 Å². The SMILES string of the molecule is CC(=O)C1=NC=CC(N)/C1=C\NCCOc1ccc(CF)cc1. The minimum Gasteiger partial charge on any atom is -0.492 e. The van der Waals surface area contributed by atoms with E-state index in [4.69, 9.17) is 10.5 Å². The van der Waals surface area contributed by atoms with Crippen molar-refractivity contribution in [2.24, 2.45) is 10.7 Å². The van der Waals surface area contributed by atoms with E-state index in [1.165, 1.54) is 6.92 Å². The average molecular weight is 317 g/mol. The van der Waals surface area contributed by atoms with Crippen LogP contribution >= 0.6 is 0 Å². The van der Waals surface area contributed by atoms with E-state index in [2.05, 4.69) is 10.3 Å². The Hall–Kier alpha value is -2.47. The Labute approximate surface area is 134 Å². The van der Waals surface area contributed by atoms with E-state index in [9.17, 15) is 9.18 Å². The summed E-state index contributed by atoms with van der Waals surface area (Å²) in [5.74, 6) is 0.557. The number of Topliss-reactive ketones (excluding diaryl/α,β-unsaturated/α-hetero) is 1. The highest BCUT2D eigenvalue weighted by Gasteiger charge is 2.19. The monoisotopic (exact) mass is 317 g/mol. The first-order valence-corrected chi connectivity index (χ1v) is 7.34. The highest BCUT2D eigenvalue weighted by atomic mass is 19.1. The van der Waals surface area contributed by atoms with Crippen LogP contribution < -0.4 is 15.8 Å². The van der Waals surface area contributed by atoms with Gasteiger partial charge in [0, 0.05) is 31.4 Å². The summed E-state index contributed by atoms with van der Waals surface area (Å²) in [6, 6.07) is 6.49. The maximum atomic E-state index is 12.4. The van der Waals surface area contributed by atoms with Gasteiger partial charge in [0.25, 0.3) is 0 Å². The molecule has 1 aliphatic heterocycles. The number of nitrogens with one attached hydrogen (secondary N) is 1. The smallest absolute Gasteiger partial charge is 0.178 e. The molecule has 2 rings (SSSR count). The molecule has 0 radical (unpaired) electrons. The standard InChI is InChI=1S/C17H20FN3O2/c1-12(22)17-15(16(19)6-7-21-17)11-20-8-9-23-14-4-2-13(10-18)3-5-14/h2-7,11,16,20H,8-10,19H2,1H3/b15-11+. The summed E-state index contributed by atoms with van der Waals surface area (Å²) in [6.45, 7) is 1.94. The second-order valence-corrected chi connectivity index (χ2v) is 5.08. The van der Waals surface area contributed by atoms with Crippen molar-refractivity contribution in [1.29, 1.82) is 0 Å². The Balaban J connectivity index is 1.82. The van der Waals surface area contributed by atoms with E-state index in [0.717, 1.165) is 0 Å². The van der Waals surface area contributed by atoms with Gasteiger partial charge in [-0.25, -0.2) is 4.39 Å². The second-order valence-electron chi connectivity index (χ2n) is 5.08. The first-order valence-electron chi connectivity index (χ1n) is 7.34. The third-order valence-electron chi connectivity index (χ3n) is 3.31. The lowest BCUT2D eigenvalue weighted by atomic mass is 9.99. The number of alkyl halides is 1. The molecule has 0 saturated carbocycles. The number of aliphatic imine (C=N–C) groups is 1. The fraction of sp³-hybridized carbons (Fsp3) is 0.294. The molecule has 0 aromatic heterocycles. The molecule has 1 heterocycles. The summed E-state index contributed by atoms with van der Waals surface area (Å²) in [5, 5.41) is 3.07.